The van der Waals surface area contributed by atoms with Crippen LogP contribution in [0.2, 0.25) is 0 Å². The van der Waals surface area contributed by atoms with Crippen molar-refractivity contribution in [1.29, 1.82) is 0 Å². The lowest BCUT2D eigenvalue weighted by Crippen LogP contribution is -2.44. The van der Waals surface area contributed by atoms with E-state index in [0.29, 0.717) is 6.42 Å². The fourth-order valence-electron chi connectivity index (χ4n) is 2.54. The van der Waals surface area contributed by atoms with Gasteiger partial charge in [-0.3, -0.25) is 14.4 Å². The number of hydrogen-bond acceptors (Lipinski definition) is 3. The summed E-state index contributed by atoms with van der Waals surface area (Å²) < 4.78 is 0. The Kier molecular flexibility index (Phi) is 6.51. The minimum absolute atomic E-state index is 0.0547. The average Bonchev–Trinajstić information content (AvgIpc) is 2.58. The third kappa shape index (κ3) is 6.25. The Morgan fingerprint density at radius 1 is 0.920 bits per heavy atom. The van der Waals surface area contributed by atoms with Crippen LogP contribution in [0.3, 0.4) is 0 Å². The molecule has 2 rings (SSSR count). The predicted octanol–water partition coefficient (Wildman–Crippen LogP) is 1.14. The van der Waals surface area contributed by atoms with Gasteiger partial charge in [0.25, 0.3) is 0 Å². The molecule has 0 aliphatic rings. The van der Waals surface area contributed by atoms with Gasteiger partial charge in [0, 0.05) is 13.0 Å². The molecule has 0 heterocycles. The lowest BCUT2D eigenvalue weighted by Gasteiger charge is -2.15. The maximum Gasteiger partial charge on any atom is 0.239 e. The Bertz CT molecular complexity index is 773. The van der Waals surface area contributed by atoms with Crippen LogP contribution in [0.5, 0.6) is 0 Å². The molecule has 0 aliphatic heterocycles. The van der Waals surface area contributed by atoms with Crippen molar-refractivity contribution in [3.05, 3.63) is 48.0 Å². The summed E-state index contributed by atoms with van der Waals surface area (Å²) in [6, 6.07) is 14.3. The van der Waals surface area contributed by atoms with E-state index in [0.717, 1.165) is 5.56 Å². The summed E-state index contributed by atoms with van der Waals surface area (Å²) in [6.45, 7) is 3.01. The van der Waals surface area contributed by atoms with E-state index >= 15 is 0 Å². The Balaban J connectivity index is 1.78. The van der Waals surface area contributed by atoms with Crippen molar-refractivity contribution in [3.63, 3.8) is 0 Å². The third-order valence-electron chi connectivity index (χ3n) is 3.71. The van der Waals surface area contributed by atoms with Gasteiger partial charge in [-0.25, -0.2) is 0 Å². The second kappa shape index (κ2) is 8.82. The molecule has 2 aromatic carbocycles. The molecule has 0 bridgehead atoms. The van der Waals surface area contributed by atoms with Gasteiger partial charge in [0.1, 0.15) is 0 Å². The highest BCUT2D eigenvalue weighted by molar-refractivity contribution is 5.87. The molecule has 3 N–H and O–H groups in total. The van der Waals surface area contributed by atoms with E-state index in [9.17, 15) is 14.4 Å². The van der Waals surface area contributed by atoms with Crippen molar-refractivity contribution in [1.82, 2.24) is 16.0 Å². The summed E-state index contributed by atoms with van der Waals surface area (Å²) in [6.07, 6.45) is 0.705. The summed E-state index contributed by atoms with van der Waals surface area (Å²) in [5.41, 5.74) is 1.14. The molecule has 3 amide bonds. The topological polar surface area (TPSA) is 87.3 Å². The van der Waals surface area contributed by atoms with Gasteiger partial charge in [-0.05, 0) is 29.7 Å². The van der Waals surface area contributed by atoms with Crippen LogP contribution in [0.1, 0.15) is 19.4 Å². The number of carbonyl (C=O) groups excluding carboxylic acids is 3. The number of rotatable bonds is 7. The molecule has 6 heteroatoms. The Hall–Kier alpha value is -2.89. The molecule has 2 aromatic rings. The lowest BCUT2D eigenvalue weighted by atomic mass is 10.0. The summed E-state index contributed by atoms with van der Waals surface area (Å²) in [5, 5.41) is 10.1. The smallest absolute Gasteiger partial charge is 0.239 e. The van der Waals surface area contributed by atoms with Crippen molar-refractivity contribution in [2.45, 2.75) is 26.3 Å². The van der Waals surface area contributed by atoms with Crippen LogP contribution in [0, 0.1) is 0 Å². The summed E-state index contributed by atoms with van der Waals surface area (Å²) in [5.74, 6) is -0.944. The van der Waals surface area contributed by atoms with Crippen LogP contribution in [-0.2, 0) is 20.8 Å². The molecular weight excluding hydrogens is 318 g/mol. The highest BCUT2D eigenvalue weighted by atomic mass is 16.2. The molecular formula is C19H23N3O3. The standard InChI is InChI=1S/C19H23N3O3/c1-13(22-19(25)12-21-18(24)11-20-14(2)23)9-15-7-8-16-5-3-4-6-17(16)10-15/h3-8,10,13H,9,11-12H2,1-2H3,(H,20,23)(H,21,24)(H,22,25)/t13-/m1/s1. The zero-order chi connectivity index (χ0) is 18.2. The molecule has 0 saturated carbocycles. The zero-order valence-corrected chi connectivity index (χ0v) is 14.5. The number of fused-ring (bicyclic) bond motifs is 1. The first-order valence-electron chi connectivity index (χ1n) is 8.22. The van der Waals surface area contributed by atoms with Crippen LogP contribution in [0.15, 0.2) is 42.5 Å². The van der Waals surface area contributed by atoms with Crippen molar-refractivity contribution >= 4 is 28.5 Å². The molecule has 1 atom stereocenters. The van der Waals surface area contributed by atoms with E-state index in [1.165, 1.54) is 17.7 Å². The number of nitrogens with one attached hydrogen (secondary N) is 3. The summed E-state index contributed by atoms with van der Waals surface area (Å²) in [7, 11) is 0. The van der Waals surface area contributed by atoms with Gasteiger partial charge in [0.2, 0.25) is 17.7 Å². The van der Waals surface area contributed by atoms with Crippen LogP contribution in [0.25, 0.3) is 10.8 Å². The molecule has 0 saturated heterocycles. The Morgan fingerprint density at radius 2 is 1.60 bits per heavy atom. The van der Waals surface area contributed by atoms with Crippen molar-refractivity contribution in [3.8, 4) is 0 Å². The number of benzene rings is 2. The Morgan fingerprint density at radius 3 is 2.32 bits per heavy atom. The maximum absolute atomic E-state index is 11.9. The normalized spacial score (nSPS) is 11.6. The average molecular weight is 341 g/mol. The second-order valence-corrected chi connectivity index (χ2v) is 6.04. The van der Waals surface area contributed by atoms with E-state index in [1.54, 1.807) is 0 Å². The molecule has 0 fully saturated rings. The lowest BCUT2D eigenvalue weighted by molar-refractivity contribution is -0.127. The van der Waals surface area contributed by atoms with Crippen molar-refractivity contribution < 1.29 is 14.4 Å². The van der Waals surface area contributed by atoms with Crippen LogP contribution >= 0.6 is 0 Å². The molecule has 132 valence electrons. The van der Waals surface area contributed by atoms with E-state index in [4.69, 9.17) is 0 Å². The van der Waals surface area contributed by atoms with Crippen LogP contribution in [0.4, 0.5) is 0 Å². The molecule has 6 nitrogen and oxygen atoms in total. The highest BCUT2D eigenvalue weighted by Gasteiger charge is 2.10. The first kappa shape index (κ1) is 18.4. The molecule has 0 radical (unpaired) electrons. The first-order chi connectivity index (χ1) is 11.9. The number of hydrogen-bond donors (Lipinski definition) is 3. The fraction of sp³-hybridized carbons (Fsp3) is 0.316. The first-order valence-corrected chi connectivity index (χ1v) is 8.22. The zero-order valence-electron chi connectivity index (χ0n) is 14.5. The van der Waals surface area contributed by atoms with Crippen molar-refractivity contribution in [2.24, 2.45) is 0 Å². The predicted molar refractivity (Wildman–Crippen MR) is 97.0 cm³/mol. The molecule has 25 heavy (non-hydrogen) atoms. The monoisotopic (exact) mass is 341 g/mol. The van der Waals surface area contributed by atoms with Gasteiger partial charge in [0.15, 0.2) is 0 Å². The van der Waals surface area contributed by atoms with Crippen LogP contribution in [-0.4, -0.2) is 36.9 Å². The molecule has 0 spiro atoms. The SMILES string of the molecule is CC(=O)NCC(=O)NCC(=O)N[C@H](C)Cc1ccc2ccccc2c1. The minimum Gasteiger partial charge on any atom is -0.352 e. The largest absolute Gasteiger partial charge is 0.352 e. The number of carbonyl (C=O) groups is 3. The van der Waals surface area contributed by atoms with Gasteiger partial charge < -0.3 is 16.0 Å². The Labute approximate surface area is 147 Å². The second-order valence-electron chi connectivity index (χ2n) is 6.04. The third-order valence-corrected chi connectivity index (χ3v) is 3.71. The maximum atomic E-state index is 11.9. The van der Waals surface area contributed by atoms with Gasteiger partial charge in [-0.2, -0.15) is 0 Å². The molecule has 0 aliphatic carbocycles. The van der Waals surface area contributed by atoms with Gasteiger partial charge in [-0.1, -0.05) is 42.5 Å². The summed E-state index contributed by atoms with van der Waals surface area (Å²) in [4.78, 5) is 34.0. The van der Waals surface area contributed by atoms with Gasteiger partial charge in [-0.15, -0.1) is 0 Å². The molecule has 0 aromatic heterocycles. The van der Waals surface area contributed by atoms with E-state index in [-0.39, 0.29) is 30.9 Å². The number of amides is 3. The van der Waals surface area contributed by atoms with E-state index in [1.807, 2.05) is 19.1 Å². The minimum atomic E-state index is -0.396. The fourth-order valence-corrected chi connectivity index (χ4v) is 2.54. The summed E-state index contributed by atoms with van der Waals surface area (Å²) >= 11 is 0. The highest BCUT2D eigenvalue weighted by Crippen LogP contribution is 2.16. The van der Waals surface area contributed by atoms with Crippen LogP contribution < -0.4 is 16.0 Å². The van der Waals surface area contributed by atoms with Crippen molar-refractivity contribution in [2.75, 3.05) is 13.1 Å². The van der Waals surface area contributed by atoms with Gasteiger partial charge >= 0.3 is 0 Å². The molecule has 0 unspecified atom stereocenters. The quantitative estimate of drug-likeness (QED) is 0.706. The van der Waals surface area contributed by atoms with E-state index < -0.39 is 5.91 Å². The van der Waals surface area contributed by atoms with Gasteiger partial charge in [0.05, 0.1) is 13.1 Å². The van der Waals surface area contributed by atoms with E-state index in [2.05, 4.69) is 46.3 Å².